The molecule has 0 amide bonds. The van der Waals surface area contributed by atoms with E-state index in [9.17, 15) is 10.1 Å². The van der Waals surface area contributed by atoms with Gasteiger partial charge in [0.1, 0.15) is 5.69 Å². The second-order valence-corrected chi connectivity index (χ2v) is 4.56. The maximum atomic E-state index is 11.2. The highest BCUT2D eigenvalue weighted by atomic mass is 16.6. The van der Waals surface area contributed by atoms with Crippen LogP contribution in [0, 0.1) is 10.1 Å². The van der Waals surface area contributed by atoms with Gasteiger partial charge in [-0.1, -0.05) is 13.0 Å². The molecule has 1 rings (SSSR count). The molecular formula is C13H21N3O3. The van der Waals surface area contributed by atoms with E-state index in [0.717, 1.165) is 6.42 Å². The van der Waals surface area contributed by atoms with Crippen LogP contribution in [0.3, 0.4) is 0 Å². The quantitative estimate of drug-likeness (QED) is 0.585. The van der Waals surface area contributed by atoms with Crippen molar-refractivity contribution in [3.63, 3.8) is 0 Å². The summed E-state index contributed by atoms with van der Waals surface area (Å²) in [6, 6.07) is 5.01. The van der Waals surface area contributed by atoms with E-state index >= 15 is 0 Å². The number of para-hydroxylation sites is 1. The summed E-state index contributed by atoms with van der Waals surface area (Å²) in [7, 11) is 0. The molecule has 0 fully saturated rings. The van der Waals surface area contributed by atoms with Crippen LogP contribution >= 0.6 is 0 Å². The predicted molar refractivity (Wildman–Crippen MR) is 75.6 cm³/mol. The topological polar surface area (TPSA) is 90.4 Å². The average Bonchev–Trinajstić information content (AvgIpc) is 2.34. The SMILES string of the molecule is CCC(CN)Nc1cccc(OC(C)C)c1[N+](=O)[O-]. The molecule has 0 aliphatic carbocycles. The Labute approximate surface area is 113 Å². The molecule has 0 saturated heterocycles. The fraction of sp³-hybridized carbons (Fsp3) is 0.538. The second-order valence-electron chi connectivity index (χ2n) is 4.56. The Kier molecular flexibility index (Phi) is 5.57. The van der Waals surface area contributed by atoms with Gasteiger partial charge in [0, 0.05) is 12.6 Å². The summed E-state index contributed by atoms with van der Waals surface area (Å²) in [5.74, 6) is 0.275. The van der Waals surface area contributed by atoms with Gasteiger partial charge in [0.15, 0.2) is 5.75 Å². The minimum atomic E-state index is -0.427. The van der Waals surface area contributed by atoms with Gasteiger partial charge in [0.05, 0.1) is 11.0 Å². The highest BCUT2D eigenvalue weighted by Crippen LogP contribution is 2.35. The van der Waals surface area contributed by atoms with Gasteiger partial charge in [-0.15, -0.1) is 0 Å². The Bertz CT molecular complexity index is 431. The number of nitrogens with zero attached hydrogens (tertiary/aromatic N) is 1. The molecule has 1 atom stereocenters. The van der Waals surface area contributed by atoms with Crippen LogP contribution in [0.15, 0.2) is 18.2 Å². The number of rotatable bonds is 7. The van der Waals surface area contributed by atoms with Crippen LogP contribution < -0.4 is 15.8 Å². The van der Waals surface area contributed by atoms with E-state index in [1.807, 2.05) is 20.8 Å². The predicted octanol–water partition coefficient (Wildman–Crippen LogP) is 2.53. The lowest BCUT2D eigenvalue weighted by atomic mass is 10.2. The van der Waals surface area contributed by atoms with E-state index in [0.29, 0.717) is 12.2 Å². The standard InChI is InChI=1S/C13H21N3O3/c1-4-10(8-14)15-11-6-5-7-12(19-9(2)3)13(11)16(17)18/h5-7,9-10,15H,4,8,14H2,1-3H3. The molecule has 0 heterocycles. The van der Waals surface area contributed by atoms with Crippen LogP contribution in [0.2, 0.25) is 0 Å². The maximum absolute atomic E-state index is 11.2. The van der Waals surface area contributed by atoms with Crippen LogP contribution in [0.5, 0.6) is 5.75 Å². The van der Waals surface area contributed by atoms with Crippen LogP contribution in [-0.4, -0.2) is 23.6 Å². The molecule has 6 nitrogen and oxygen atoms in total. The Hall–Kier alpha value is -1.82. The summed E-state index contributed by atoms with van der Waals surface area (Å²) >= 11 is 0. The zero-order valence-corrected chi connectivity index (χ0v) is 11.6. The Morgan fingerprint density at radius 1 is 1.47 bits per heavy atom. The van der Waals surface area contributed by atoms with Gasteiger partial charge in [0.2, 0.25) is 0 Å². The van der Waals surface area contributed by atoms with E-state index in [1.165, 1.54) is 0 Å². The van der Waals surface area contributed by atoms with E-state index < -0.39 is 4.92 Å². The number of anilines is 1. The molecule has 1 unspecified atom stereocenters. The Morgan fingerprint density at radius 2 is 2.16 bits per heavy atom. The van der Waals surface area contributed by atoms with Gasteiger partial charge < -0.3 is 15.8 Å². The summed E-state index contributed by atoms with van der Waals surface area (Å²) < 4.78 is 5.48. The molecule has 6 heteroatoms. The summed E-state index contributed by atoms with van der Waals surface area (Å²) in [4.78, 5) is 10.8. The molecular weight excluding hydrogens is 246 g/mol. The van der Waals surface area contributed by atoms with E-state index in [1.54, 1.807) is 18.2 Å². The van der Waals surface area contributed by atoms with Crippen molar-refractivity contribution in [3.8, 4) is 5.75 Å². The highest BCUT2D eigenvalue weighted by Gasteiger charge is 2.22. The van der Waals surface area contributed by atoms with Crippen LogP contribution in [0.25, 0.3) is 0 Å². The molecule has 106 valence electrons. The van der Waals surface area contributed by atoms with Crippen LogP contribution in [0.1, 0.15) is 27.2 Å². The van der Waals surface area contributed by atoms with Crippen LogP contribution in [0.4, 0.5) is 11.4 Å². The van der Waals surface area contributed by atoms with Crippen molar-refractivity contribution in [2.24, 2.45) is 5.73 Å². The molecule has 0 aliphatic rings. The fourth-order valence-electron chi connectivity index (χ4n) is 1.72. The molecule has 0 saturated carbocycles. The number of nitro groups is 1. The number of nitrogens with one attached hydrogen (secondary N) is 1. The number of nitro benzene ring substituents is 1. The lowest BCUT2D eigenvalue weighted by Gasteiger charge is -2.17. The maximum Gasteiger partial charge on any atom is 0.333 e. The number of hydrogen-bond donors (Lipinski definition) is 2. The summed E-state index contributed by atoms with van der Waals surface area (Å²) in [5, 5.41) is 14.3. The average molecular weight is 267 g/mol. The largest absolute Gasteiger partial charge is 0.484 e. The van der Waals surface area contributed by atoms with Crippen molar-refractivity contribution in [1.29, 1.82) is 0 Å². The first-order chi connectivity index (χ1) is 8.99. The van der Waals surface area contributed by atoms with Gasteiger partial charge in [-0.05, 0) is 32.4 Å². The lowest BCUT2D eigenvalue weighted by molar-refractivity contribution is -0.385. The second kappa shape index (κ2) is 6.94. The number of hydrogen-bond acceptors (Lipinski definition) is 5. The molecule has 1 aromatic carbocycles. The van der Waals surface area contributed by atoms with E-state index in [2.05, 4.69) is 5.32 Å². The third-order valence-electron chi connectivity index (χ3n) is 2.68. The minimum absolute atomic E-state index is 0.00741. The van der Waals surface area contributed by atoms with Gasteiger partial charge in [-0.2, -0.15) is 0 Å². The number of nitrogens with two attached hydrogens (primary N) is 1. The molecule has 3 N–H and O–H groups in total. The van der Waals surface area contributed by atoms with E-state index in [4.69, 9.17) is 10.5 Å². The van der Waals surface area contributed by atoms with Gasteiger partial charge >= 0.3 is 5.69 Å². The third-order valence-corrected chi connectivity index (χ3v) is 2.68. The van der Waals surface area contributed by atoms with E-state index in [-0.39, 0.29) is 23.6 Å². The monoisotopic (exact) mass is 267 g/mol. The van der Waals surface area contributed by atoms with Crippen molar-refractivity contribution in [2.75, 3.05) is 11.9 Å². The van der Waals surface area contributed by atoms with Gasteiger partial charge in [-0.3, -0.25) is 10.1 Å². The smallest absolute Gasteiger partial charge is 0.333 e. The van der Waals surface area contributed by atoms with Crippen LogP contribution in [-0.2, 0) is 0 Å². The lowest BCUT2D eigenvalue weighted by Crippen LogP contribution is -2.28. The first-order valence-electron chi connectivity index (χ1n) is 6.40. The Balaban J connectivity index is 3.12. The third kappa shape index (κ3) is 4.10. The first kappa shape index (κ1) is 15.2. The van der Waals surface area contributed by atoms with Gasteiger partial charge in [0.25, 0.3) is 0 Å². The fourth-order valence-corrected chi connectivity index (χ4v) is 1.72. The summed E-state index contributed by atoms with van der Waals surface area (Å²) in [5.41, 5.74) is 6.02. The van der Waals surface area contributed by atoms with Crippen molar-refractivity contribution in [2.45, 2.75) is 39.3 Å². The van der Waals surface area contributed by atoms with Crippen molar-refractivity contribution in [3.05, 3.63) is 28.3 Å². The summed E-state index contributed by atoms with van der Waals surface area (Å²) in [6.07, 6.45) is 0.675. The number of benzene rings is 1. The van der Waals surface area contributed by atoms with Crippen molar-refractivity contribution in [1.82, 2.24) is 0 Å². The zero-order valence-electron chi connectivity index (χ0n) is 11.6. The first-order valence-corrected chi connectivity index (χ1v) is 6.40. The zero-order chi connectivity index (χ0) is 14.4. The van der Waals surface area contributed by atoms with Gasteiger partial charge in [-0.25, -0.2) is 0 Å². The molecule has 0 aliphatic heterocycles. The molecule has 0 spiro atoms. The van der Waals surface area contributed by atoms with Crippen molar-refractivity contribution >= 4 is 11.4 Å². The highest BCUT2D eigenvalue weighted by molar-refractivity contribution is 5.68. The Morgan fingerprint density at radius 3 is 2.63 bits per heavy atom. The molecule has 0 aromatic heterocycles. The molecule has 0 radical (unpaired) electrons. The minimum Gasteiger partial charge on any atom is -0.484 e. The molecule has 0 bridgehead atoms. The molecule has 19 heavy (non-hydrogen) atoms. The molecule has 1 aromatic rings. The number of ether oxygens (including phenoxy) is 1. The normalized spacial score (nSPS) is 12.3. The summed E-state index contributed by atoms with van der Waals surface area (Å²) in [6.45, 7) is 6.06. The van der Waals surface area contributed by atoms with Crippen molar-refractivity contribution < 1.29 is 9.66 Å².